The number of carbonyl (C=O) groups is 2. The molecular weight excluding hydrogens is 352 g/mol. The minimum atomic E-state index is -1.35. The van der Waals surface area contributed by atoms with Crippen LogP contribution in [0.15, 0.2) is 12.1 Å². The van der Waals surface area contributed by atoms with Crippen LogP contribution in [-0.2, 0) is 4.74 Å². The molecule has 1 aliphatic rings. The molecule has 0 aliphatic carbocycles. The van der Waals surface area contributed by atoms with Gasteiger partial charge in [-0.25, -0.2) is 9.18 Å². The maximum absolute atomic E-state index is 13.9. The normalized spacial score (nSPS) is 15.0. The number of amides is 2. The van der Waals surface area contributed by atoms with Crippen molar-refractivity contribution in [2.24, 2.45) is 0 Å². The van der Waals surface area contributed by atoms with E-state index in [4.69, 9.17) is 4.74 Å². The average Bonchev–Trinajstić information content (AvgIpc) is 2.52. The number of hydrogen-bond donors (Lipinski definition) is 0. The molecule has 0 aromatic heterocycles. The smallest absolute Gasteiger partial charge is 0.410 e. The number of hydrogen-bond acceptors (Lipinski definition) is 5. The monoisotopic (exact) mass is 371 g/mol. The number of rotatable bonds is 2. The van der Waals surface area contributed by atoms with E-state index >= 15 is 0 Å². The summed E-state index contributed by atoms with van der Waals surface area (Å²) in [5, 5.41) is 10.8. The summed E-state index contributed by atoms with van der Waals surface area (Å²) in [4.78, 5) is 36.8. The Hall–Kier alpha value is -2.78. The van der Waals surface area contributed by atoms with Crippen molar-refractivity contribution >= 4 is 17.7 Å². The number of nitrogens with zero attached hydrogens (tertiary/aromatic N) is 3. The fourth-order valence-corrected chi connectivity index (χ4v) is 2.43. The maximum atomic E-state index is 13.9. The number of ether oxygens (including phenoxy) is 1. The van der Waals surface area contributed by atoms with Crippen LogP contribution in [0.1, 0.15) is 31.1 Å². The van der Waals surface area contributed by atoms with E-state index in [-0.39, 0.29) is 26.2 Å². The Labute approximate surface area is 148 Å². The molecule has 1 aromatic rings. The fraction of sp³-hybridized carbons (Fsp3) is 0.500. The molecule has 0 unspecified atom stereocenters. The first-order valence-corrected chi connectivity index (χ1v) is 7.90. The van der Waals surface area contributed by atoms with Crippen molar-refractivity contribution in [3.8, 4) is 0 Å². The van der Waals surface area contributed by atoms with E-state index in [9.17, 15) is 28.5 Å². The summed E-state index contributed by atoms with van der Waals surface area (Å²) < 4.78 is 32.5. The van der Waals surface area contributed by atoms with Gasteiger partial charge in [-0.15, -0.1) is 0 Å². The molecule has 1 fully saturated rings. The summed E-state index contributed by atoms with van der Waals surface area (Å²) in [7, 11) is 0. The molecule has 1 aromatic carbocycles. The number of nitro groups is 1. The SMILES string of the molecule is CC(C)(C)OC(=O)N1CCN(C(=O)c2cc([N+](=O)[O-])c(F)cc2F)CC1. The van der Waals surface area contributed by atoms with Crippen molar-refractivity contribution in [2.75, 3.05) is 26.2 Å². The highest BCUT2D eigenvalue weighted by molar-refractivity contribution is 5.95. The van der Waals surface area contributed by atoms with Gasteiger partial charge >= 0.3 is 11.8 Å². The van der Waals surface area contributed by atoms with Crippen LogP contribution >= 0.6 is 0 Å². The summed E-state index contributed by atoms with van der Waals surface area (Å²) >= 11 is 0. The Morgan fingerprint density at radius 1 is 1.08 bits per heavy atom. The highest BCUT2D eigenvalue weighted by atomic mass is 19.1. The van der Waals surface area contributed by atoms with Crippen LogP contribution in [0.25, 0.3) is 0 Å². The first kappa shape index (κ1) is 19.5. The van der Waals surface area contributed by atoms with E-state index in [1.54, 1.807) is 20.8 Å². The van der Waals surface area contributed by atoms with Crippen LogP contribution in [0.3, 0.4) is 0 Å². The predicted molar refractivity (Wildman–Crippen MR) is 86.7 cm³/mol. The number of carbonyl (C=O) groups excluding carboxylic acids is 2. The van der Waals surface area contributed by atoms with E-state index < -0.39 is 45.4 Å². The Kier molecular flexibility index (Phi) is 5.43. The number of benzene rings is 1. The maximum Gasteiger partial charge on any atom is 0.410 e. The van der Waals surface area contributed by atoms with Gasteiger partial charge in [0.1, 0.15) is 11.4 Å². The second-order valence-corrected chi connectivity index (χ2v) is 6.80. The van der Waals surface area contributed by atoms with Gasteiger partial charge in [-0.1, -0.05) is 0 Å². The summed E-state index contributed by atoms with van der Waals surface area (Å²) in [5.74, 6) is -3.32. The zero-order chi connectivity index (χ0) is 19.6. The van der Waals surface area contributed by atoms with Gasteiger partial charge in [0.05, 0.1) is 10.5 Å². The largest absolute Gasteiger partial charge is 0.444 e. The number of nitro benzene ring substituents is 1. The van der Waals surface area contributed by atoms with Gasteiger partial charge in [0.15, 0.2) is 0 Å². The first-order chi connectivity index (χ1) is 12.0. The Morgan fingerprint density at radius 3 is 2.12 bits per heavy atom. The van der Waals surface area contributed by atoms with Crippen molar-refractivity contribution in [3.05, 3.63) is 39.4 Å². The quantitative estimate of drug-likeness (QED) is 0.588. The van der Waals surface area contributed by atoms with Crippen LogP contribution in [0, 0.1) is 21.7 Å². The van der Waals surface area contributed by atoms with Crippen LogP contribution in [0.2, 0.25) is 0 Å². The lowest BCUT2D eigenvalue weighted by Crippen LogP contribution is -2.51. The molecule has 2 rings (SSSR count). The van der Waals surface area contributed by atoms with Gasteiger partial charge in [0, 0.05) is 38.3 Å². The minimum absolute atomic E-state index is 0.0999. The molecule has 26 heavy (non-hydrogen) atoms. The van der Waals surface area contributed by atoms with Crippen LogP contribution in [0.5, 0.6) is 0 Å². The lowest BCUT2D eigenvalue weighted by atomic mass is 10.1. The van der Waals surface area contributed by atoms with E-state index in [0.717, 1.165) is 0 Å². The predicted octanol–water partition coefficient (Wildman–Crippen LogP) is 2.57. The van der Waals surface area contributed by atoms with E-state index in [1.807, 2.05) is 0 Å². The molecule has 0 radical (unpaired) electrons. The Bertz CT molecular complexity index is 740. The van der Waals surface area contributed by atoms with Crippen LogP contribution in [0.4, 0.5) is 19.3 Å². The fourth-order valence-electron chi connectivity index (χ4n) is 2.43. The van der Waals surface area contributed by atoms with Crippen LogP contribution < -0.4 is 0 Å². The zero-order valence-corrected chi connectivity index (χ0v) is 14.6. The van der Waals surface area contributed by atoms with Crippen molar-refractivity contribution in [1.82, 2.24) is 9.80 Å². The minimum Gasteiger partial charge on any atom is -0.444 e. The lowest BCUT2D eigenvalue weighted by molar-refractivity contribution is -0.387. The summed E-state index contributed by atoms with van der Waals surface area (Å²) in [6, 6.07) is 0.912. The van der Waals surface area contributed by atoms with Gasteiger partial charge in [0.25, 0.3) is 5.91 Å². The molecular formula is C16H19F2N3O5. The van der Waals surface area contributed by atoms with Gasteiger partial charge in [-0.05, 0) is 20.8 Å². The topological polar surface area (TPSA) is 93.0 Å². The lowest BCUT2D eigenvalue weighted by Gasteiger charge is -2.35. The first-order valence-electron chi connectivity index (χ1n) is 7.90. The van der Waals surface area contributed by atoms with Crippen LogP contribution in [-0.4, -0.2) is 58.5 Å². The highest BCUT2D eigenvalue weighted by Crippen LogP contribution is 2.23. The molecule has 0 bridgehead atoms. The second kappa shape index (κ2) is 7.22. The number of piperazine rings is 1. The van der Waals surface area contributed by atoms with Gasteiger partial charge < -0.3 is 14.5 Å². The van der Waals surface area contributed by atoms with Gasteiger partial charge in [-0.3, -0.25) is 14.9 Å². The molecule has 10 heteroatoms. The number of halogens is 2. The third-order valence-electron chi connectivity index (χ3n) is 3.68. The highest BCUT2D eigenvalue weighted by Gasteiger charge is 2.30. The van der Waals surface area contributed by atoms with E-state index in [0.29, 0.717) is 12.1 Å². The molecule has 0 atom stereocenters. The third kappa shape index (κ3) is 4.44. The standard InChI is InChI=1S/C16H19F2N3O5/c1-16(2,3)26-15(23)20-6-4-19(5-7-20)14(22)10-8-13(21(24)25)12(18)9-11(10)17/h8-9H,4-7H2,1-3H3. The van der Waals surface area contributed by atoms with Crippen molar-refractivity contribution in [1.29, 1.82) is 0 Å². The van der Waals surface area contributed by atoms with Gasteiger partial charge in [-0.2, -0.15) is 4.39 Å². The molecule has 8 nitrogen and oxygen atoms in total. The summed E-state index contributed by atoms with van der Waals surface area (Å²) in [6.07, 6.45) is -0.520. The van der Waals surface area contributed by atoms with Crippen molar-refractivity contribution in [2.45, 2.75) is 26.4 Å². The van der Waals surface area contributed by atoms with Crippen molar-refractivity contribution < 1.29 is 28.0 Å². The second-order valence-electron chi connectivity index (χ2n) is 6.80. The Morgan fingerprint density at radius 2 is 1.62 bits per heavy atom. The molecule has 0 N–H and O–H groups in total. The van der Waals surface area contributed by atoms with Gasteiger partial charge in [0.2, 0.25) is 5.82 Å². The van der Waals surface area contributed by atoms with Crippen molar-refractivity contribution in [3.63, 3.8) is 0 Å². The van der Waals surface area contributed by atoms with E-state index in [1.165, 1.54) is 9.80 Å². The zero-order valence-electron chi connectivity index (χ0n) is 14.6. The molecule has 1 heterocycles. The molecule has 0 saturated carbocycles. The Balaban J connectivity index is 2.08. The molecule has 1 saturated heterocycles. The molecule has 1 aliphatic heterocycles. The average molecular weight is 371 g/mol. The third-order valence-corrected chi connectivity index (χ3v) is 3.68. The summed E-state index contributed by atoms with van der Waals surface area (Å²) in [6.45, 7) is 5.74. The molecule has 2 amide bonds. The van der Waals surface area contributed by atoms with E-state index in [2.05, 4.69) is 0 Å². The molecule has 0 spiro atoms. The molecule has 142 valence electrons. The summed E-state index contributed by atoms with van der Waals surface area (Å²) in [5.41, 5.74) is -2.20.